The lowest BCUT2D eigenvalue weighted by Crippen LogP contribution is -2.55. The van der Waals surface area contributed by atoms with E-state index in [9.17, 15) is 9.90 Å². The van der Waals surface area contributed by atoms with E-state index in [2.05, 4.69) is 30.7 Å². The minimum absolute atomic E-state index is 0.465. The van der Waals surface area contributed by atoms with Crippen LogP contribution in [0.1, 0.15) is 39.5 Å². The van der Waals surface area contributed by atoms with E-state index < -0.39 is 11.4 Å². The summed E-state index contributed by atoms with van der Waals surface area (Å²) in [6.07, 6.45) is 3.95. The van der Waals surface area contributed by atoms with Gasteiger partial charge in [0.15, 0.2) is 0 Å². The number of carboxylic acid groups (broad SMARTS) is 1. The van der Waals surface area contributed by atoms with Gasteiger partial charge in [0, 0.05) is 32.2 Å². The van der Waals surface area contributed by atoms with Gasteiger partial charge < -0.3 is 10.0 Å². The molecule has 19 heavy (non-hydrogen) atoms. The van der Waals surface area contributed by atoms with Crippen molar-refractivity contribution < 1.29 is 9.90 Å². The number of carboxylic acids is 1. The van der Waals surface area contributed by atoms with Gasteiger partial charge in [0.2, 0.25) is 0 Å². The Hall–Kier alpha value is -0.610. The molecule has 1 aliphatic carbocycles. The molecule has 1 saturated heterocycles. The standard InChI is InChI=1S/C15H28N2O2/c1-12-5-4-6-15(9-12,14(18)19)11-17-8-7-16(3)10-13(17)2/h12-13H,4-11H2,1-3H3,(H,18,19). The van der Waals surface area contributed by atoms with Crippen molar-refractivity contribution in [3.05, 3.63) is 0 Å². The highest BCUT2D eigenvalue weighted by Crippen LogP contribution is 2.40. The molecule has 2 rings (SSSR count). The summed E-state index contributed by atoms with van der Waals surface area (Å²) < 4.78 is 0. The van der Waals surface area contributed by atoms with Crippen molar-refractivity contribution in [2.75, 3.05) is 33.2 Å². The monoisotopic (exact) mass is 268 g/mol. The summed E-state index contributed by atoms with van der Waals surface area (Å²) in [7, 11) is 2.14. The first kappa shape index (κ1) is 14.8. The van der Waals surface area contributed by atoms with Gasteiger partial charge in [-0.2, -0.15) is 0 Å². The van der Waals surface area contributed by atoms with E-state index in [0.717, 1.165) is 45.4 Å². The van der Waals surface area contributed by atoms with Gasteiger partial charge in [-0.1, -0.05) is 19.8 Å². The average Bonchev–Trinajstić information content (AvgIpc) is 2.33. The lowest BCUT2D eigenvalue weighted by molar-refractivity contribution is -0.154. The van der Waals surface area contributed by atoms with E-state index in [0.29, 0.717) is 12.0 Å². The molecule has 0 spiro atoms. The van der Waals surface area contributed by atoms with E-state index >= 15 is 0 Å². The second-order valence-electron chi connectivity index (χ2n) is 6.87. The Morgan fingerprint density at radius 1 is 1.37 bits per heavy atom. The molecule has 1 saturated carbocycles. The van der Waals surface area contributed by atoms with Gasteiger partial charge in [-0.25, -0.2) is 0 Å². The number of aliphatic carboxylic acids is 1. The lowest BCUT2D eigenvalue weighted by atomic mass is 9.69. The number of carbonyl (C=O) groups is 1. The maximum absolute atomic E-state index is 11.8. The molecule has 3 unspecified atom stereocenters. The SMILES string of the molecule is CC1CCCC(CN2CCN(C)CC2C)(C(=O)O)C1. The zero-order chi connectivity index (χ0) is 14.0. The Bertz CT molecular complexity index is 334. The fraction of sp³-hybridized carbons (Fsp3) is 0.933. The molecular formula is C15H28N2O2. The topological polar surface area (TPSA) is 43.8 Å². The van der Waals surface area contributed by atoms with Crippen molar-refractivity contribution in [3.8, 4) is 0 Å². The van der Waals surface area contributed by atoms with Crippen LogP contribution in [0.4, 0.5) is 0 Å². The van der Waals surface area contributed by atoms with Crippen molar-refractivity contribution in [2.24, 2.45) is 11.3 Å². The molecule has 0 bridgehead atoms. The molecule has 2 fully saturated rings. The predicted molar refractivity (Wildman–Crippen MR) is 76.2 cm³/mol. The Labute approximate surface area is 116 Å². The van der Waals surface area contributed by atoms with E-state index in [-0.39, 0.29) is 0 Å². The summed E-state index contributed by atoms with van der Waals surface area (Å²) in [4.78, 5) is 16.6. The molecule has 4 nitrogen and oxygen atoms in total. The summed E-state index contributed by atoms with van der Waals surface area (Å²) in [5.41, 5.74) is -0.498. The first-order chi connectivity index (χ1) is 8.93. The highest BCUT2D eigenvalue weighted by atomic mass is 16.4. The van der Waals surface area contributed by atoms with Gasteiger partial charge in [-0.05, 0) is 32.7 Å². The normalized spacial score (nSPS) is 38.3. The predicted octanol–water partition coefficient (Wildman–Crippen LogP) is 1.90. The van der Waals surface area contributed by atoms with Crippen LogP contribution in [0.15, 0.2) is 0 Å². The third kappa shape index (κ3) is 3.29. The smallest absolute Gasteiger partial charge is 0.310 e. The molecule has 0 aromatic rings. The van der Waals surface area contributed by atoms with Crippen LogP contribution in [-0.4, -0.2) is 60.1 Å². The number of hydrogen-bond donors (Lipinski definition) is 1. The summed E-state index contributed by atoms with van der Waals surface area (Å²) in [5, 5.41) is 9.74. The molecule has 0 amide bonds. The molecule has 0 aromatic heterocycles. The van der Waals surface area contributed by atoms with Gasteiger partial charge in [-0.15, -0.1) is 0 Å². The Morgan fingerprint density at radius 3 is 2.68 bits per heavy atom. The molecular weight excluding hydrogens is 240 g/mol. The number of piperazine rings is 1. The number of rotatable bonds is 3. The zero-order valence-electron chi connectivity index (χ0n) is 12.6. The summed E-state index contributed by atoms with van der Waals surface area (Å²) in [5.74, 6) is -0.0298. The fourth-order valence-corrected chi connectivity index (χ4v) is 3.87. The van der Waals surface area contributed by atoms with Crippen molar-refractivity contribution >= 4 is 5.97 Å². The largest absolute Gasteiger partial charge is 0.481 e. The minimum Gasteiger partial charge on any atom is -0.481 e. The first-order valence-electron chi connectivity index (χ1n) is 7.59. The van der Waals surface area contributed by atoms with Gasteiger partial charge in [0.1, 0.15) is 0 Å². The van der Waals surface area contributed by atoms with Crippen LogP contribution in [0.5, 0.6) is 0 Å². The van der Waals surface area contributed by atoms with Crippen molar-refractivity contribution in [1.29, 1.82) is 0 Å². The summed E-state index contributed by atoms with van der Waals surface area (Å²) >= 11 is 0. The fourth-order valence-electron chi connectivity index (χ4n) is 3.87. The first-order valence-corrected chi connectivity index (χ1v) is 7.59. The van der Waals surface area contributed by atoms with Gasteiger partial charge >= 0.3 is 5.97 Å². The van der Waals surface area contributed by atoms with Gasteiger partial charge in [-0.3, -0.25) is 9.69 Å². The molecule has 1 heterocycles. The van der Waals surface area contributed by atoms with Crippen molar-refractivity contribution in [3.63, 3.8) is 0 Å². The van der Waals surface area contributed by atoms with Crippen molar-refractivity contribution in [2.45, 2.75) is 45.6 Å². The van der Waals surface area contributed by atoms with Crippen LogP contribution < -0.4 is 0 Å². The number of nitrogens with zero attached hydrogens (tertiary/aromatic N) is 2. The molecule has 1 aliphatic heterocycles. The second kappa shape index (κ2) is 5.80. The maximum atomic E-state index is 11.8. The van der Waals surface area contributed by atoms with Gasteiger partial charge in [0.05, 0.1) is 5.41 Å². The Balaban J connectivity index is 2.06. The molecule has 4 heteroatoms. The third-order valence-corrected chi connectivity index (χ3v) is 5.02. The molecule has 110 valence electrons. The summed E-state index contributed by atoms with van der Waals surface area (Å²) in [6.45, 7) is 8.26. The molecule has 0 radical (unpaired) electrons. The molecule has 1 N–H and O–H groups in total. The third-order valence-electron chi connectivity index (χ3n) is 5.02. The lowest BCUT2D eigenvalue weighted by Gasteiger charge is -2.45. The minimum atomic E-state index is -0.579. The quantitative estimate of drug-likeness (QED) is 0.849. The zero-order valence-corrected chi connectivity index (χ0v) is 12.6. The number of hydrogen-bond acceptors (Lipinski definition) is 3. The molecule has 3 atom stereocenters. The van der Waals surface area contributed by atoms with Crippen LogP contribution in [0.25, 0.3) is 0 Å². The van der Waals surface area contributed by atoms with Crippen LogP contribution in [0, 0.1) is 11.3 Å². The van der Waals surface area contributed by atoms with E-state index in [1.807, 2.05) is 0 Å². The van der Waals surface area contributed by atoms with Crippen LogP contribution >= 0.6 is 0 Å². The molecule has 0 aromatic carbocycles. The van der Waals surface area contributed by atoms with Crippen molar-refractivity contribution in [1.82, 2.24) is 9.80 Å². The van der Waals surface area contributed by atoms with E-state index in [1.165, 1.54) is 6.42 Å². The molecule has 2 aliphatic rings. The van der Waals surface area contributed by atoms with Crippen LogP contribution in [0.2, 0.25) is 0 Å². The van der Waals surface area contributed by atoms with E-state index in [4.69, 9.17) is 0 Å². The summed E-state index contributed by atoms with van der Waals surface area (Å²) in [6, 6.07) is 0.465. The van der Waals surface area contributed by atoms with E-state index in [1.54, 1.807) is 0 Å². The Kier molecular flexibility index (Phi) is 4.51. The number of likely N-dealkylation sites (N-methyl/N-ethyl adjacent to an activating group) is 1. The average molecular weight is 268 g/mol. The van der Waals surface area contributed by atoms with Gasteiger partial charge in [0.25, 0.3) is 0 Å². The van der Waals surface area contributed by atoms with Crippen LogP contribution in [0.3, 0.4) is 0 Å². The van der Waals surface area contributed by atoms with Crippen LogP contribution in [-0.2, 0) is 4.79 Å². The highest BCUT2D eigenvalue weighted by Gasteiger charge is 2.44. The highest BCUT2D eigenvalue weighted by molar-refractivity contribution is 5.75. The maximum Gasteiger partial charge on any atom is 0.310 e. The Morgan fingerprint density at radius 2 is 2.11 bits per heavy atom. The second-order valence-corrected chi connectivity index (χ2v) is 6.87.